The van der Waals surface area contributed by atoms with Gasteiger partial charge in [0.1, 0.15) is 12.2 Å². The van der Waals surface area contributed by atoms with E-state index in [-0.39, 0.29) is 35.9 Å². The number of rotatable bonds is 20. The lowest BCUT2D eigenvalue weighted by Crippen LogP contribution is -2.54. The van der Waals surface area contributed by atoms with Crippen LogP contribution in [0.4, 0.5) is 5.82 Å². The first-order chi connectivity index (χ1) is 23.5. The minimum absolute atomic E-state index is 0.0151. The molecular weight excluding hydrogens is 628 g/mol. The second-order valence-electron chi connectivity index (χ2n) is 14.0. The van der Waals surface area contributed by atoms with Gasteiger partial charge in [0.15, 0.2) is 12.0 Å². The van der Waals surface area contributed by atoms with Crippen molar-refractivity contribution in [3.63, 3.8) is 0 Å². The molecule has 1 aliphatic heterocycles. The molecule has 49 heavy (non-hydrogen) atoms. The van der Waals surface area contributed by atoms with Crippen molar-refractivity contribution in [1.29, 1.82) is 0 Å². The Balaban J connectivity index is 1.27. The summed E-state index contributed by atoms with van der Waals surface area (Å²) in [5.74, 6) is 1.82. The Kier molecular flexibility index (Phi) is 17.1. The Morgan fingerprint density at radius 1 is 1.08 bits per heavy atom. The van der Waals surface area contributed by atoms with Gasteiger partial charge in [-0.3, -0.25) is 14.2 Å². The molecule has 1 aromatic heterocycles. The largest absolute Gasteiger partial charge is 0.386 e. The average molecular weight is 691 g/mol. The van der Waals surface area contributed by atoms with Gasteiger partial charge in [-0.15, -0.1) is 0 Å². The second-order valence-corrected chi connectivity index (χ2v) is 14.0. The number of carbonyl (C=O) groups excluding carboxylic acids is 2. The van der Waals surface area contributed by atoms with Gasteiger partial charge in [0.2, 0.25) is 11.8 Å². The fourth-order valence-corrected chi connectivity index (χ4v) is 6.99. The molecule has 1 aromatic rings. The number of aliphatic imine (C=N–C) groups is 1. The van der Waals surface area contributed by atoms with Crippen LogP contribution in [0, 0.1) is 17.8 Å². The molecule has 0 aromatic carbocycles. The first-order valence-corrected chi connectivity index (χ1v) is 18.4. The first-order valence-electron chi connectivity index (χ1n) is 18.4. The van der Waals surface area contributed by atoms with E-state index in [4.69, 9.17) is 14.2 Å². The molecule has 2 heterocycles. The molecule has 0 radical (unpaired) electrons. The highest BCUT2D eigenvalue weighted by atomic mass is 16.6. The summed E-state index contributed by atoms with van der Waals surface area (Å²) in [5.41, 5.74) is -0.545. The Bertz CT molecular complexity index is 1240. The predicted octanol–water partition coefficient (Wildman–Crippen LogP) is 3.96. The number of nitrogens with zero attached hydrogens (tertiary/aromatic N) is 4. The summed E-state index contributed by atoms with van der Waals surface area (Å²) in [4.78, 5) is 46.7. The molecule has 1 saturated heterocycles. The van der Waals surface area contributed by atoms with Crippen molar-refractivity contribution in [2.24, 2.45) is 22.7 Å². The van der Waals surface area contributed by atoms with Gasteiger partial charge in [-0.25, -0.2) is 9.79 Å². The number of hydrogen-bond acceptors (Lipinski definition) is 9. The van der Waals surface area contributed by atoms with Crippen molar-refractivity contribution in [2.45, 2.75) is 136 Å². The third-order valence-corrected chi connectivity index (χ3v) is 10.0. The summed E-state index contributed by atoms with van der Waals surface area (Å²) in [6.07, 6.45) is 8.71. The summed E-state index contributed by atoms with van der Waals surface area (Å²) in [6.45, 7) is 11.9. The van der Waals surface area contributed by atoms with Gasteiger partial charge in [0, 0.05) is 53.4 Å². The van der Waals surface area contributed by atoms with E-state index in [1.54, 1.807) is 30.4 Å². The Hall–Kier alpha value is -2.87. The molecule has 3 rings (SSSR count). The minimum atomic E-state index is -1.00. The molecule has 13 nitrogen and oxygen atoms in total. The molecular formula is C36H62N6O7. The normalized spacial score (nSPS) is 28.5. The number of aliphatic hydroxyl groups excluding tert-OH is 1. The van der Waals surface area contributed by atoms with Crippen molar-refractivity contribution in [3.8, 4) is 0 Å². The number of aliphatic hydroxyl groups is 1. The summed E-state index contributed by atoms with van der Waals surface area (Å²) in [6, 6.07) is 1.64. The van der Waals surface area contributed by atoms with E-state index < -0.39 is 24.1 Å². The number of ether oxygens (including phenoxy) is 3. The minimum Gasteiger partial charge on any atom is -0.386 e. The van der Waals surface area contributed by atoms with Crippen LogP contribution in [-0.2, 0) is 23.8 Å². The van der Waals surface area contributed by atoms with E-state index in [9.17, 15) is 19.5 Å². The molecule has 9 atom stereocenters. The van der Waals surface area contributed by atoms with Crippen LogP contribution in [0.5, 0.6) is 0 Å². The fraction of sp³-hybridized carbons (Fsp3) is 0.806. The van der Waals surface area contributed by atoms with E-state index in [0.29, 0.717) is 50.4 Å². The predicted molar refractivity (Wildman–Crippen MR) is 190 cm³/mol. The van der Waals surface area contributed by atoms with E-state index in [0.717, 1.165) is 51.4 Å². The van der Waals surface area contributed by atoms with Crippen molar-refractivity contribution in [3.05, 3.63) is 22.7 Å². The van der Waals surface area contributed by atoms with E-state index >= 15 is 0 Å². The van der Waals surface area contributed by atoms with Gasteiger partial charge in [0.25, 0.3) is 0 Å². The monoisotopic (exact) mass is 690 g/mol. The van der Waals surface area contributed by atoms with Gasteiger partial charge < -0.3 is 34.9 Å². The van der Waals surface area contributed by atoms with Crippen LogP contribution in [0.25, 0.3) is 0 Å². The Morgan fingerprint density at radius 3 is 2.47 bits per heavy atom. The Morgan fingerprint density at radius 2 is 1.80 bits per heavy atom. The van der Waals surface area contributed by atoms with Crippen LogP contribution < -0.4 is 16.3 Å². The lowest BCUT2D eigenvalue weighted by molar-refractivity contribution is -0.124. The highest BCUT2D eigenvalue weighted by Crippen LogP contribution is 2.38. The third-order valence-electron chi connectivity index (χ3n) is 10.0. The Labute approximate surface area is 292 Å². The van der Waals surface area contributed by atoms with Gasteiger partial charge in [-0.05, 0) is 62.3 Å². The molecule has 278 valence electrons. The summed E-state index contributed by atoms with van der Waals surface area (Å²) >= 11 is 0. The van der Waals surface area contributed by atoms with Crippen LogP contribution in [0.1, 0.15) is 105 Å². The SMILES string of the molecule is CC[C@H]1C[C@@H](OCCCCC(=O)NCCCCCCOC2[C@@H](CC)O[C@@H](n3ccc(N=CN(C)C)nc3=O)[C@H]2O)[C@H](NC(C)=O)[C@@H](C)[C@H]1C. The molecule has 13 heteroatoms. The molecule has 2 fully saturated rings. The number of hydrogen-bond donors (Lipinski definition) is 3. The molecule has 3 N–H and O–H groups in total. The third kappa shape index (κ3) is 12.4. The number of amides is 2. The smallest absolute Gasteiger partial charge is 0.351 e. The fourth-order valence-electron chi connectivity index (χ4n) is 6.99. The van der Waals surface area contributed by atoms with Crippen LogP contribution >= 0.6 is 0 Å². The number of unbranched alkanes of at least 4 members (excludes halogenated alkanes) is 4. The van der Waals surface area contributed by atoms with E-state index in [1.165, 1.54) is 4.57 Å². The first kappa shape index (κ1) is 40.6. The zero-order valence-electron chi connectivity index (χ0n) is 30.8. The molecule has 2 aliphatic rings. The lowest BCUT2D eigenvalue weighted by Gasteiger charge is -2.44. The molecule has 0 spiro atoms. The maximum Gasteiger partial charge on any atom is 0.351 e. The second kappa shape index (κ2) is 20.7. The van der Waals surface area contributed by atoms with Crippen LogP contribution in [0.3, 0.4) is 0 Å². The summed E-state index contributed by atoms with van der Waals surface area (Å²) in [5, 5.41) is 17.1. The topological polar surface area (TPSA) is 157 Å². The molecule has 1 saturated carbocycles. The summed E-state index contributed by atoms with van der Waals surface area (Å²) in [7, 11) is 3.65. The number of carbonyl (C=O) groups is 2. The molecule has 1 aliphatic carbocycles. The van der Waals surface area contributed by atoms with Gasteiger partial charge in [-0.2, -0.15) is 4.98 Å². The van der Waals surface area contributed by atoms with Crippen molar-refractivity contribution < 1.29 is 28.9 Å². The molecule has 1 unspecified atom stereocenters. The van der Waals surface area contributed by atoms with Gasteiger partial charge in [-0.1, -0.05) is 47.0 Å². The van der Waals surface area contributed by atoms with E-state index in [1.807, 2.05) is 21.0 Å². The standard InChI is InChI=1S/C36H62N6O7/c1-8-27-22-29(32(39-26(5)43)25(4)24(27)3)47-20-15-12-16-31(44)37-18-13-10-11-14-21-48-34-28(9-2)49-35(33(34)45)42-19-17-30(40-36(42)46)38-23-41(6)7/h17,19,23-25,27-29,32-35,45H,8-16,18,20-22H2,1-7H3,(H,37,44)(H,39,43)/t24-,25+,27+,28-,29-,32-,33+,34?,35-/m1/s1. The van der Waals surface area contributed by atoms with Crippen LogP contribution in [0.15, 0.2) is 22.1 Å². The summed E-state index contributed by atoms with van der Waals surface area (Å²) < 4.78 is 19.6. The zero-order valence-corrected chi connectivity index (χ0v) is 30.8. The van der Waals surface area contributed by atoms with Crippen molar-refractivity contribution in [1.82, 2.24) is 25.1 Å². The van der Waals surface area contributed by atoms with E-state index in [2.05, 4.69) is 41.4 Å². The molecule has 2 amide bonds. The van der Waals surface area contributed by atoms with Crippen molar-refractivity contribution >= 4 is 24.0 Å². The highest BCUT2D eigenvalue weighted by molar-refractivity contribution is 5.75. The molecule has 0 bridgehead atoms. The maximum atomic E-state index is 12.6. The number of nitrogens with one attached hydrogen (secondary N) is 2. The maximum absolute atomic E-state index is 12.6. The van der Waals surface area contributed by atoms with Crippen LogP contribution in [0.2, 0.25) is 0 Å². The van der Waals surface area contributed by atoms with Crippen molar-refractivity contribution in [2.75, 3.05) is 33.9 Å². The van der Waals surface area contributed by atoms with Crippen LogP contribution in [-0.4, -0.2) is 102 Å². The van der Waals surface area contributed by atoms with Gasteiger partial charge in [0.05, 0.1) is 24.6 Å². The van der Waals surface area contributed by atoms with Gasteiger partial charge >= 0.3 is 5.69 Å². The lowest BCUT2D eigenvalue weighted by atomic mass is 9.69. The zero-order chi connectivity index (χ0) is 35.9. The average Bonchev–Trinajstić information content (AvgIpc) is 3.38. The highest BCUT2D eigenvalue weighted by Gasteiger charge is 2.45. The number of aromatic nitrogens is 2. The quantitative estimate of drug-likeness (QED) is 0.105.